The van der Waals surface area contributed by atoms with E-state index in [4.69, 9.17) is 11.6 Å². The van der Waals surface area contributed by atoms with Crippen molar-refractivity contribution in [3.05, 3.63) is 52.8 Å². The molecule has 1 spiro atoms. The smallest absolute Gasteiger partial charge is 0.231 e. The van der Waals surface area contributed by atoms with Gasteiger partial charge in [-0.05, 0) is 30.7 Å². The van der Waals surface area contributed by atoms with E-state index in [-0.39, 0.29) is 11.5 Å². The number of benzene rings is 1. The van der Waals surface area contributed by atoms with Crippen molar-refractivity contribution in [3.8, 4) is 11.8 Å². The van der Waals surface area contributed by atoms with Crippen molar-refractivity contribution >= 4 is 23.5 Å². The van der Waals surface area contributed by atoms with Crippen LogP contribution in [-0.2, 0) is 13.1 Å². The lowest BCUT2D eigenvalue weighted by Crippen LogP contribution is -2.73. The molecule has 11 heteroatoms. The Balaban J connectivity index is 1.25. The highest BCUT2D eigenvalue weighted by atomic mass is 35.5. The van der Waals surface area contributed by atoms with Gasteiger partial charge in [0.05, 0.1) is 36.7 Å². The number of aromatic nitrogens is 5. The highest BCUT2D eigenvalue weighted by Crippen LogP contribution is 2.43. The van der Waals surface area contributed by atoms with Gasteiger partial charge in [0.15, 0.2) is 11.6 Å². The minimum atomic E-state index is -0.430. The number of nitriles is 1. The van der Waals surface area contributed by atoms with Crippen molar-refractivity contribution in [2.24, 2.45) is 5.41 Å². The molecule has 0 saturated carbocycles. The van der Waals surface area contributed by atoms with Gasteiger partial charge in [0.1, 0.15) is 0 Å². The summed E-state index contributed by atoms with van der Waals surface area (Å²) in [6.07, 6.45) is 2.40. The Morgan fingerprint density at radius 3 is 2.55 bits per heavy atom. The van der Waals surface area contributed by atoms with Crippen molar-refractivity contribution in [2.45, 2.75) is 26.1 Å². The first-order valence-corrected chi connectivity index (χ1v) is 11.2. The van der Waals surface area contributed by atoms with Crippen LogP contribution in [0.25, 0.3) is 5.69 Å². The molecule has 0 aliphatic carbocycles. The zero-order valence-corrected chi connectivity index (χ0v) is 18.7. The van der Waals surface area contributed by atoms with E-state index in [9.17, 15) is 9.65 Å². The molecule has 5 heterocycles. The van der Waals surface area contributed by atoms with Gasteiger partial charge in [0, 0.05) is 43.2 Å². The minimum Gasteiger partial charge on any atom is -0.339 e. The third kappa shape index (κ3) is 3.31. The van der Waals surface area contributed by atoms with E-state index in [0.717, 1.165) is 49.2 Å². The Hall–Kier alpha value is -3.29. The van der Waals surface area contributed by atoms with Crippen LogP contribution < -0.4 is 9.80 Å². The van der Waals surface area contributed by atoms with E-state index in [1.165, 1.54) is 12.4 Å². The first-order valence-electron chi connectivity index (χ1n) is 10.8. The van der Waals surface area contributed by atoms with Crippen molar-refractivity contribution < 1.29 is 4.39 Å². The molecular formula is C22H21ClFN9. The lowest BCUT2D eigenvalue weighted by molar-refractivity contribution is 0.152. The van der Waals surface area contributed by atoms with Crippen LogP contribution in [0.1, 0.15) is 18.3 Å². The lowest BCUT2D eigenvalue weighted by Gasteiger charge is -2.60. The molecule has 3 aliphatic heterocycles. The normalized spacial score (nSPS) is 19.7. The molecule has 3 aliphatic rings. The van der Waals surface area contributed by atoms with E-state index in [1.54, 1.807) is 0 Å². The van der Waals surface area contributed by atoms with Crippen LogP contribution in [-0.4, -0.2) is 61.9 Å². The topological polar surface area (TPSA) is 90.0 Å². The molecule has 33 heavy (non-hydrogen) atoms. The molecule has 2 fully saturated rings. The van der Waals surface area contributed by atoms with Crippen LogP contribution in [0.2, 0.25) is 5.02 Å². The Morgan fingerprint density at radius 2 is 1.82 bits per heavy atom. The SMILES string of the molecule is CC(C#N)N1Cc2cc(Cl)ccc2-n2c(nnc2N2CC3(CN(c4ncc(F)cn4)C3)C2)C1. The average Bonchev–Trinajstić information content (AvgIpc) is 3.07. The standard InChI is InChI=1S/C22H21ClFN9/c1-14(5-25)30-8-15-4-16(23)2-3-18(15)33-19(9-30)28-29-21(33)32-12-22(13-32)10-31(11-22)20-26-6-17(24)7-27-20/h2-4,6-7,14H,8-13H2,1H3. The van der Waals surface area contributed by atoms with Gasteiger partial charge in [-0.2, -0.15) is 5.26 Å². The van der Waals surface area contributed by atoms with Gasteiger partial charge in [-0.3, -0.25) is 9.47 Å². The summed E-state index contributed by atoms with van der Waals surface area (Å²) in [6, 6.07) is 7.90. The highest BCUT2D eigenvalue weighted by molar-refractivity contribution is 6.30. The summed E-state index contributed by atoms with van der Waals surface area (Å²) in [7, 11) is 0. The Labute approximate surface area is 195 Å². The minimum absolute atomic E-state index is 0.152. The van der Waals surface area contributed by atoms with Gasteiger partial charge >= 0.3 is 0 Å². The first-order chi connectivity index (χ1) is 15.9. The predicted molar refractivity (Wildman–Crippen MR) is 120 cm³/mol. The van der Waals surface area contributed by atoms with Crippen LogP contribution in [0.5, 0.6) is 0 Å². The molecular weight excluding hydrogens is 445 g/mol. The van der Waals surface area contributed by atoms with Gasteiger partial charge in [-0.15, -0.1) is 10.2 Å². The molecule has 2 aromatic heterocycles. The van der Waals surface area contributed by atoms with Gasteiger partial charge < -0.3 is 9.80 Å². The summed E-state index contributed by atoms with van der Waals surface area (Å²) in [5.41, 5.74) is 2.19. The van der Waals surface area contributed by atoms with Crippen LogP contribution in [0.4, 0.5) is 16.3 Å². The molecule has 1 aromatic carbocycles. The van der Waals surface area contributed by atoms with Crippen LogP contribution in [0.3, 0.4) is 0 Å². The average molecular weight is 466 g/mol. The fraction of sp³-hybridized carbons (Fsp3) is 0.409. The summed E-state index contributed by atoms with van der Waals surface area (Å²) in [6.45, 7) is 6.40. The monoisotopic (exact) mass is 465 g/mol. The summed E-state index contributed by atoms with van der Waals surface area (Å²) >= 11 is 6.30. The summed E-state index contributed by atoms with van der Waals surface area (Å²) in [4.78, 5) is 14.6. The van der Waals surface area contributed by atoms with Crippen LogP contribution in [0, 0.1) is 22.6 Å². The van der Waals surface area contributed by atoms with Gasteiger partial charge in [0.2, 0.25) is 11.9 Å². The predicted octanol–water partition coefficient (Wildman–Crippen LogP) is 2.40. The number of fused-ring (bicyclic) bond motifs is 3. The fourth-order valence-corrected chi connectivity index (χ4v) is 5.25. The molecule has 2 saturated heterocycles. The Kier molecular flexibility index (Phi) is 4.54. The summed E-state index contributed by atoms with van der Waals surface area (Å²) in [5, 5.41) is 19.2. The lowest BCUT2D eigenvalue weighted by atomic mass is 9.73. The van der Waals surface area contributed by atoms with Crippen LogP contribution in [0.15, 0.2) is 30.6 Å². The number of nitrogens with zero attached hydrogens (tertiary/aromatic N) is 9. The fourth-order valence-electron chi connectivity index (χ4n) is 5.05. The molecule has 0 N–H and O–H groups in total. The van der Waals surface area contributed by atoms with Gasteiger partial charge in [0.25, 0.3) is 0 Å². The van der Waals surface area contributed by atoms with E-state index in [0.29, 0.717) is 24.1 Å². The number of hydrogen-bond donors (Lipinski definition) is 0. The quantitative estimate of drug-likeness (QED) is 0.582. The molecule has 0 bridgehead atoms. The Morgan fingerprint density at radius 1 is 1.09 bits per heavy atom. The molecule has 0 radical (unpaired) electrons. The van der Waals surface area contributed by atoms with Crippen molar-refractivity contribution in [1.82, 2.24) is 29.6 Å². The first kappa shape index (κ1) is 20.3. The maximum Gasteiger partial charge on any atom is 0.231 e. The molecule has 6 rings (SSSR count). The van der Waals surface area contributed by atoms with E-state index in [1.807, 2.05) is 25.1 Å². The summed E-state index contributed by atoms with van der Waals surface area (Å²) < 4.78 is 15.2. The number of rotatable bonds is 3. The zero-order valence-electron chi connectivity index (χ0n) is 18.0. The molecule has 0 amide bonds. The molecule has 1 unspecified atom stereocenters. The second-order valence-electron chi connectivity index (χ2n) is 9.15. The Bertz CT molecular complexity index is 1250. The van der Waals surface area contributed by atoms with E-state index in [2.05, 4.69) is 45.5 Å². The molecule has 9 nitrogen and oxygen atoms in total. The van der Waals surface area contributed by atoms with Crippen molar-refractivity contribution in [1.29, 1.82) is 5.26 Å². The number of halogens is 2. The zero-order chi connectivity index (χ0) is 22.7. The second kappa shape index (κ2) is 7.37. The number of anilines is 2. The van der Waals surface area contributed by atoms with Gasteiger partial charge in [-0.25, -0.2) is 14.4 Å². The van der Waals surface area contributed by atoms with Crippen molar-refractivity contribution in [2.75, 3.05) is 36.0 Å². The third-order valence-corrected chi connectivity index (χ3v) is 6.96. The van der Waals surface area contributed by atoms with Crippen molar-refractivity contribution in [3.63, 3.8) is 0 Å². The summed E-state index contributed by atoms with van der Waals surface area (Å²) in [5.74, 6) is 1.75. The largest absolute Gasteiger partial charge is 0.339 e. The van der Waals surface area contributed by atoms with Crippen LogP contribution >= 0.6 is 11.6 Å². The van der Waals surface area contributed by atoms with E-state index >= 15 is 0 Å². The molecule has 3 aromatic rings. The number of hydrogen-bond acceptors (Lipinski definition) is 8. The highest BCUT2D eigenvalue weighted by Gasteiger charge is 2.54. The van der Waals surface area contributed by atoms with E-state index < -0.39 is 5.82 Å². The maximum atomic E-state index is 13.1. The molecule has 168 valence electrons. The maximum absolute atomic E-state index is 13.1. The second-order valence-corrected chi connectivity index (χ2v) is 9.58. The third-order valence-electron chi connectivity index (χ3n) is 6.73. The van der Waals surface area contributed by atoms with Gasteiger partial charge in [-0.1, -0.05) is 11.6 Å². The molecule has 1 atom stereocenters.